The van der Waals surface area contributed by atoms with Crippen molar-refractivity contribution < 1.29 is 4.79 Å². The van der Waals surface area contributed by atoms with Gasteiger partial charge in [-0.2, -0.15) is 0 Å². The van der Waals surface area contributed by atoms with Crippen molar-refractivity contribution in [2.75, 3.05) is 26.2 Å². The number of rotatable bonds is 3. The fraction of sp³-hybridized carbons (Fsp3) is 0.556. The maximum absolute atomic E-state index is 12.6. The molecule has 0 bridgehead atoms. The van der Waals surface area contributed by atoms with Crippen LogP contribution < -0.4 is 0 Å². The van der Waals surface area contributed by atoms with Gasteiger partial charge in [0.2, 0.25) is 0 Å². The molecule has 0 saturated carbocycles. The van der Waals surface area contributed by atoms with Gasteiger partial charge in [0, 0.05) is 44.9 Å². The Hall–Kier alpha value is -2.28. The van der Waals surface area contributed by atoms with E-state index in [2.05, 4.69) is 24.4 Å². The fourth-order valence-electron chi connectivity index (χ4n) is 4.02. The lowest BCUT2D eigenvalue weighted by Crippen LogP contribution is -2.42. The maximum Gasteiger partial charge on any atom is 0.274 e. The van der Waals surface area contributed by atoms with Gasteiger partial charge in [0.05, 0.1) is 12.7 Å². The summed E-state index contributed by atoms with van der Waals surface area (Å²) < 4.78 is 2.08. The van der Waals surface area contributed by atoms with Gasteiger partial charge in [0.15, 0.2) is 0 Å². The fourth-order valence-corrected chi connectivity index (χ4v) is 4.02. The van der Waals surface area contributed by atoms with E-state index in [1.165, 1.54) is 0 Å². The Morgan fingerprint density at radius 3 is 2.60 bits per heavy atom. The number of carbonyl (C=O) groups excluding carboxylic acids is 1. The van der Waals surface area contributed by atoms with Gasteiger partial charge in [-0.1, -0.05) is 0 Å². The van der Waals surface area contributed by atoms with Crippen LogP contribution >= 0.6 is 0 Å². The molecule has 0 aliphatic carbocycles. The summed E-state index contributed by atoms with van der Waals surface area (Å²) in [7, 11) is 2.04. The molecule has 2 aromatic rings. The number of likely N-dealkylation sites (tertiary alicyclic amines) is 2. The topological polar surface area (TPSA) is 67.2 Å². The summed E-state index contributed by atoms with van der Waals surface area (Å²) in [5.74, 6) is 1.13. The highest BCUT2D eigenvalue weighted by molar-refractivity contribution is 5.92. The third-order valence-corrected chi connectivity index (χ3v) is 5.71. The molecule has 7 nitrogen and oxygen atoms in total. The zero-order valence-electron chi connectivity index (χ0n) is 14.6. The largest absolute Gasteiger partial charge is 0.337 e. The average molecular weight is 340 g/mol. The summed E-state index contributed by atoms with van der Waals surface area (Å²) in [6, 6.07) is 0. The molecule has 4 rings (SSSR count). The Kier molecular flexibility index (Phi) is 4.25. The van der Waals surface area contributed by atoms with Crippen LogP contribution in [0.2, 0.25) is 0 Å². The van der Waals surface area contributed by atoms with Crippen LogP contribution in [0.1, 0.15) is 35.6 Å². The van der Waals surface area contributed by atoms with Crippen molar-refractivity contribution >= 4 is 5.91 Å². The van der Waals surface area contributed by atoms with Crippen molar-refractivity contribution in [3.05, 3.63) is 42.5 Å². The van der Waals surface area contributed by atoms with E-state index in [0.717, 1.165) is 57.8 Å². The Morgan fingerprint density at radius 1 is 1.12 bits per heavy atom. The number of carbonyl (C=O) groups is 1. The molecule has 4 heterocycles. The zero-order chi connectivity index (χ0) is 17.3. The minimum absolute atomic E-state index is 0.0143. The molecule has 25 heavy (non-hydrogen) atoms. The third kappa shape index (κ3) is 3.28. The molecule has 1 spiro atoms. The summed E-state index contributed by atoms with van der Waals surface area (Å²) >= 11 is 0. The van der Waals surface area contributed by atoms with E-state index in [0.29, 0.717) is 5.69 Å². The lowest BCUT2D eigenvalue weighted by atomic mass is 9.78. The van der Waals surface area contributed by atoms with Gasteiger partial charge in [-0.15, -0.1) is 0 Å². The molecular weight excluding hydrogens is 316 g/mol. The first-order valence-electron chi connectivity index (χ1n) is 8.89. The van der Waals surface area contributed by atoms with E-state index < -0.39 is 0 Å². The highest BCUT2D eigenvalue weighted by atomic mass is 16.2. The molecule has 2 aliphatic rings. The van der Waals surface area contributed by atoms with Crippen molar-refractivity contribution in [3.8, 4) is 0 Å². The van der Waals surface area contributed by atoms with E-state index in [1.807, 2.05) is 24.3 Å². The van der Waals surface area contributed by atoms with Crippen LogP contribution in [0, 0.1) is 5.41 Å². The van der Waals surface area contributed by atoms with Crippen LogP contribution in [0.3, 0.4) is 0 Å². The standard InChI is InChI=1S/C18H24N6O/c1-22-11-7-21-16(22)13-23-8-2-18(3-9-23)4-10-24(14-18)17(25)15-12-19-5-6-20-15/h5-7,11-12H,2-4,8-10,13-14H2,1H3. The Balaban J connectivity index is 1.34. The molecule has 2 aromatic heterocycles. The molecule has 7 heteroatoms. The third-order valence-electron chi connectivity index (χ3n) is 5.71. The van der Waals surface area contributed by atoms with E-state index in [9.17, 15) is 4.79 Å². The zero-order valence-corrected chi connectivity index (χ0v) is 14.6. The summed E-state index contributed by atoms with van der Waals surface area (Å²) in [6.07, 6.45) is 12.0. The Bertz CT molecular complexity index is 735. The normalized spacial score (nSPS) is 20.3. The van der Waals surface area contributed by atoms with Gasteiger partial charge in [0.1, 0.15) is 11.5 Å². The molecule has 0 atom stereocenters. The molecule has 0 unspecified atom stereocenters. The van der Waals surface area contributed by atoms with Crippen molar-refractivity contribution in [2.24, 2.45) is 12.5 Å². The van der Waals surface area contributed by atoms with Crippen LogP contribution in [-0.2, 0) is 13.6 Å². The van der Waals surface area contributed by atoms with Gasteiger partial charge in [-0.3, -0.25) is 14.7 Å². The molecule has 2 aliphatic heterocycles. The van der Waals surface area contributed by atoms with Gasteiger partial charge in [0.25, 0.3) is 5.91 Å². The number of hydrogen-bond donors (Lipinski definition) is 0. The highest BCUT2D eigenvalue weighted by Crippen LogP contribution is 2.40. The summed E-state index contributed by atoms with van der Waals surface area (Å²) in [4.78, 5) is 29.6. The monoisotopic (exact) mass is 340 g/mol. The molecule has 0 radical (unpaired) electrons. The van der Waals surface area contributed by atoms with Gasteiger partial charge in [-0.25, -0.2) is 9.97 Å². The lowest BCUT2D eigenvalue weighted by Gasteiger charge is -2.39. The molecular formula is C18H24N6O. The second-order valence-electron chi connectivity index (χ2n) is 7.30. The van der Waals surface area contributed by atoms with Crippen LogP contribution in [0.5, 0.6) is 0 Å². The number of hydrogen-bond acceptors (Lipinski definition) is 5. The summed E-state index contributed by atoms with van der Waals surface area (Å²) in [5, 5.41) is 0. The lowest BCUT2D eigenvalue weighted by molar-refractivity contribution is 0.0705. The quantitative estimate of drug-likeness (QED) is 0.843. The summed E-state index contributed by atoms with van der Waals surface area (Å²) in [6.45, 7) is 4.72. The minimum Gasteiger partial charge on any atom is -0.337 e. The minimum atomic E-state index is 0.0143. The summed E-state index contributed by atoms with van der Waals surface area (Å²) in [5.41, 5.74) is 0.725. The Morgan fingerprint density at radius 2 is 1.92 bits per heavy atom. The van der Waals surface area contributed by atoms with E-state index in [4.69, 9.17) is 0 Å². The number of nitrogens with zero attached hydrogens (tertiary/aromatic N) is 6. The molecule has 2 saturated heterocycles. The number of amides is 1. The first kappa shape index (κ1) is 16.2. The smallest absolute Gasteiger partial charge is 0.274 e. The van der Waals surface area contributed by atoms with Crippen molar-refractivity contribution in [1.82, 2.24) is 29.3 Å². The van der Waals surface area contributed by atoms with Crippen LogP contribution in [0.15, 0.2) is 31.0 Å². The van der Waals surface area contributed by atoms with Gasteiger partial charge < -0.3 is 9.47 Å². The molecule has 2 fully saturated rings. The second-order valence-corrected chi connectivity index (χ2v) is 7.30. The van der Waals surface area contributed by atoms with E-state index in [-0.39, 0.29) is 11.3 Å². The highest BCUT2D eigenvalue weighted by Gasteiger charge is 2.42. The molecule has 132 valence electrons. The van der Waals surface area contributed by atoms with Crippen LogP contribution in [0.4, 0.5) is 0 Å². The SMILES string of the molecule is Cn1ccnc1CN1CCC2(CC1)CCN(C(=O)c1cnccn1)C2. The number of aromatic nitrogens is 4. The predicted octanol–water partition coefficient (Wildman–Crippen LogP) is 1.34. The average Bonchev–Trinajstić information content (AvgIpc) is 3.24. The number of piperidine rings is 1. The predicted molar refractivity (Wildman–Crippen MR) is 92.7 cm³/mol. The van der Waals surface area contributed by atoms with Crippen LogP contribution in [-0.4, -0.2) is 61.4 Å². The first-order chi connectivity index (χ1) is 12.2. The van der Waals surface area contributed by atoms with Gasteiger partial charge >= 0.3 is 0 Å². The second kappa shape index (κ2) is 6.55. The Labute approximate surface area is 147 Å². The van der Waals surface area contributed by atoms with Crippen molar-refractivity contribution in [3.63, 3.8) is 0 Å². The van der Waals surface area contributed by atoms with E-state index in [1.54, 1.807) is 18.6 Å². The van der Waals surface area contributed by atoms with Crippen molar-refractivity contribution in [2.45, 2.75) is 25.8 Å². The maximum atomic E-state index is 12.6. The molecule has 0 aromatic carbocycles. The first-order valence-corrected chi connectivity index (χ1v) is 8.89. The molecule has 0 N–H and O–H groups in total. The van der Waals surface area contributed by atoms with E-state index >= 15 is 0 Å². The van der Waals surface area contributed by atoms with Crippen LogP contribution in [0.25, 0.3) is 0 Å². The molecule has 1 amide bonds. The van der Waals surface area contributed by atoms with Gasteiger partial charge in [-0.05, 0) is 37.8 Å². The van der Waals surface area contributed by atoms with Crippen molar-refractivity contribution in [1.29, 1.82) is 0 Å². The number of imidazole rings is 1. The number of aryl methyl sites for hydroxylation is 1.